The predicted molar refractivity (Wildman–Crippen MR) is 64.3 cm³/mol. The molecule has 0 aromatic heterocycles. The quantitative estimate of drug-likeness (QED) is 0.311. The van der Waals surface area contributed by atoms with Gasteiger partial charge in [0.05, 0.1) is 6.61 Å². The largest absolute Gasteiger partial charge is 0.454 e. The number of hydrogen-bond donors (Lipinski definition) is 0. The van der Waals surface area contributed by atoms with E-state index < -0.39 is 5.43 Å². The van der Waals surface area contributed by atoms with Crippen LogP contribution in [-0.2, 0) is 4.74 Å². The van der Waals surface area contributed by atoms with Crippen LogP contribution in [0.1, 0.15) is 51.4 Å². The third-order valence-corrected chi connectivity index (χ3v) is 2.38. The zero-order valence-corrected chi connectivity index (χ0v) is 10.1. The number of carbonyl (C=O) groups excluding carboxylic acids is 1. The van der Waals surface area contributed by atoms with Gasteiger partial charge in [0.25, 0.3) is 0 Å². The molecule has 0 N–H and O–H groups in total. The Bertz CT molecular complexity index is 169. The average Bonchev–Trinajstić information content (AvgIpc) is 2.20. The van der Waals surface area contributed by atoms with Gasteiger partial charge in [0, 0.05) is 11.6 Å². The van der Waals surface area contributed by atoms with Crippen LogP contribution >= 0.6 is 11.6 Å². The molecule has 0 radical (unpaired) electrons. The van der Waals surface area contributed by atoms with Crippen molar-refractivity contribution >= 4 is 17.0 Å². The lowest BCUT2D eigenvalue weighted by Crippen LogP contribution is -1.96. The summed E-state index contributed by atoms with van der Waals surface area (Å²) in [6.45, 7) is 4.15. The van der Waals surface area contributed by atoms with E-state index in [4.69, 9.17) is 11.6 Å². The maximum atomic E-state index is 10.2. The number of allylic oxidation sites excluding steroid dienone is 1. The highest BCUT2D eigenvalue weighted by Crippen LogP contribution is 2.08. The van der Waals surface area contributed by atoms with Crippen LogP contribution in [0.3, 0.4) is 0 Å². The molecule has 0 atom stereocenters. The molecule has 0 rings (SSSR count). The van der Waals surface area contributed by atoms with Crippen molar-refractivity contribution in [1.29, 1.82) is 0 Å². The summed E-state index contributed by atoms with van der Waals surface area (Å²) in [7, 11) is 0. The van der Waals surface area contributed by atoms with Crippen molar-refractivity contribution in [2.75, 3.05) is 6.61 Å². The molecule has 0 amide bonds. The van der Waals surface area contributed by atoms with Crippen molar-refractivity contribution < 1.29 is 9.53 Å². The summed E-state index contributed by atoms with van der Waals surface area (Å²) in [6, 6.07) is 0. The second kappa shape index (κ2) is 11.6. The molecule has 2 nitrogen and oxygen atoms in total. The number of carbonyl (C=O) groups is 1. The molecule has 88 valence electrons. The van der Waals surface area contributed by atoms with E-state index in [9.17, 15) is 4.79 Å². The molecular formula is C12H21ClO2. The van der Waals surface area contributed by atoms with Crippen molar-refractivity contribution in [3.05, 3.63) is 12.7 Å². The SMILES string of the molecule is C=CCCCCCCCCCOC(=O)Cl. The van der Waals surface area contributed by atoms with Crippen LogP contribution in [0.4, 0.5) is 4.79 Å². The number of halogens is 1. The summed E-state index contributed by atoms with van der Waals surface area (Å²) in [4.78, 5) is 10.2. The van der Waals surface area contributed by atoms with Crippen LogP contribution in [0, 0.1) is 0 Å². The molecule has 0 aliphatic rings. The first-order chi connectivity index (χ1) is 7.27. The molecule has 0 aromatic carbocycles. The van der Waals surface area contributed by atoms with Crippen molar-refractivity contribution in [3.8, 4) is 0 Å². The maximum Gasteiger partial charge on any atom is 0.403 e. The van der Waals surface area contributed by atoms with E-state index in [0.29, 0.717) is 6.61 Å². The average molecular weight is 233 g/mol. The van der Waals surface area contributed by atoms with Crippen LogP contribution < -0.4 is 0 Å². The maximum absolute atomic E-state index is 10.2. The van der Waals surface area contributed by atoms with E-state index >= 15 is 0 Å². The molecule has 0 aliphatic carbocycles. The summed E-state index contributed by atoms with van der Waals surface area (Å²) in [5.74, 6) is 0. The number of hydrogen-bond acceptors (Lipinski definition) is 2. The van der Waals surface area contributed by atoms with Gasteiger partial charge in [0.1, 0.15) is 0 Å². The van der Waals surface area contributed by atoms with E-state index in [0.717, 1.165) is 19.3 Å². The van der Waals surface area contributed by atoms with Crippen LogP contribution in [0.15, 0.2) is 12.7 Å². The molecule has 0 saturated carbocycles. The van der Waals surface area contributed by atoms with Gasteiger partial charge < -0.3 is 4.74 Å². The Morgan fingerprint density at radius 3 is 2.13 bits per heavy atom. The lowest BCUT2D eigenvalue weighted by Gasteiger charge is -2.01. The van der Waals surface area contributed by atoms with Gasteiger partial charge in [-0.1, -0.05) is 38.2 Å². The Morgan fingerprint density at radius 1 is 1.07 bits per heavy atom. The van der Waals surface area contributed by atoms with E-state index in [2.05, 4.69) is 11.3 Å². The van der Waals surface area contributed by atoms with Crippen LogP contribution in [0.25, 0.3) is 0 Å². The second-order valence-corrected chi connectivity index (χ2v) is 3.95. The van der Waals surface area contributed by atoms with Crippen molar-refractivity contribution in [3.63, 3.8) is 0 Å². The topological polar surface area (TPSA) is 26.3 Å². The molecule has 0 bridgehead atoms. The minimum absolute atomic E-state index is 0.457. The molecule has 0 aliphatic heterocycles. The van der Waals surface area contributed by atoms with Gasteiger partial charge in [-0.2, -0.15) is 0 Å². The summed E-state index contributed by atoms with van der Waals surface area (Å²) in [5.41, 5.74) is -0.695. The first-order valence-corrected chi connectivity index (χ1v) is 6.08. The lowest BCUT2D eigenvalue weighted by atomic mass is 10.1. The Labute approximate surface area is 97.6 Å². The molecule has 0 spiro atoms. The van der Waals surface area contributed by atoms with E-state index in [-0.39, 0.29) is 0 Å². The first kappa shape index (κ1) is 14.5. The standard InChI is InChI=1S/C12H21ClO2/c1-2-3-4-5-6-7-8-9-10-11-15-12(13)14/h2H,1,3-11H2. The Morgan fingerprint density at radius 2 is 1.60 bits per heavy atom. The number of unbranched alkanes of at least 4 members (excludes halogenated alkanes) is 7. The van der Waals surface area contributed by atoms with Crippen molar-refractivity contribution in [1.82, 2.24) is 0 Å². The Balaban J connectivity index is 2.92. The second-order valence-electron chi connectivity index (χ2n) is 3.64. The fraction of sp³-hybridized carbons (Fsp3) is 0.750. The molecule has 15 heavy (non-hydrogen) atoms. The monoisotopic (exact) mass is 232 g/mol. The summed E-state index contributed by atoms with van der Waals surface area (Å²) < 4.78 is 4.62. The van der Waals surface area contributed by atoms with Gasteiger partial charge in [0.15, 0.2) is 0 Å². The summed E-state index contributed by atoms with van der Waals surface area (Å²) in [5, 5.41) is 0. The highest BCUT2D eigenvalue weighted by Gasteiger charge is 1.95. The number of ether oxygens (including phenoxy) is 1. The van der Waals surface area contributed by atoms with Crippen molar-refractivity contribution in [2.45, 2.75) is 51.4 Å². The van der Waals surface area contributed by atoms with Crippen molar-refractivity contribution in [2.24, 2.45) is 0 Å². The fourth-order valence-corrected chi connectivity index (χ4v) is 1.50. The molecule has 0 aromatic rings. The highest BCUT2D eigenvalue weighted by molar-refractivity contribution is 6.61. The van der Waals surface area contributed by atoms with Gasteiger partial charge in [-0.3, -0.25) is 0 Å². The summed E-state index contributed by atoms with van der Waals surface area (Å²) >= 11 is 5.02. The summed E-state index contributed by atoms with van der Waals surface area (Å²) in [6.07, 6.45) is 11.5. The molecule has 0 heterocycles. The third kappa shape index (κ3) is 13.5. The predicted octanol–water partition coefficient (Wildman–Crippen LogP) is 4.67. The highest BCUT2D eigenvalue weighted by atomic mass is 35.5. The smallest absolute Gasteiger partial charge is 0.403 e. The molecule has 0 saturated heterocycles. The minimum Gasteiger partial charge on any atom is -0.454 e. The third-order valence-electron chi connectivity index (χ3n) is 2.27. The zero-order chi connectivity index (χ0) is 11.4. The molecule has 0 unspecified atom stereocenters. The Kier molecular flexibility index (Phi) is 11.2. The first-order valence-electron chi connectivity index (χ1n) is 5.70. The molecule has 3 heteroatoms. The van der Waals surface area contributed by atoms with Crippen LogP contribution in [0.2, 0.25) is 0 Å². The van der Waals surface area contributed by atoms with Crippen LogP contribution in [0.5, 0.6) is 0 Å². The van der Waals surface area contributed by atoms with E-state index in [1.165, 1.54) is 32.1 Å². The van der Waals surface area contributed by atoms with E-state index in [1.807, 2.05) is 6.08 Å². The lowest BCUT2D eigenvalue weighted by molar-refractivity contribution is 0.170. The van der Waals surface area contributed by atoms with Crippen LogP contribution in [-0.4, -0.2) is 12.0 Å². The molecular weight excluding hydrogens is 212 g/mol. The normalized spacial score (nSPS) is 9.93. The van der Waals surface area contributed by atoms with Gasteiger partial charge in [-0.15, -0.1) is 6.58 Å². The zero-order valence-electron chi connectivity index (χ0n) is 9.34. The fourth-order valence-electron chi connectivity index (χ4n) is 1.43. The van der Waals surface area contributed by atoms with Gasteiger partial charge >= 0.3 is 5.43 Å². The minimum atomic E-state index is -0.695. The van der Waals surface area contributed by atoms with Gasteiger partial charge in [-0.25, -0.2) is 4.79 Å². The molecule has 0 fully saturated rings. The van der Waals surface area contributed by atoms with E-state index in [1.54, 1.807) is 0 Å². The van der Waals surface area contributed by atoms with Gasteiger partial charge in [0.2, 0.25) is 0 Å². The Hall–Kier alpha value is -0.500. The number of rotatable bonds is 10. The van der Waals surface area contributed by atoms with Gasteiger partial charge in [-0.05, 0) is 19.3 Å².